The van der Waals surface area contributed by atoms with E-state index >= 15 is 0 Å². The minimum absolute atomic E-state index is 0.222. The van der Waals surface area contributed by atoms with Crippen LogP contribution < -0.4 is 0 Å². The molecule has 0 aliphatic carbocycles. The average molecular weight is 317 g/mol. The Balaban J connectivity index is 2.57. The lowest BCUT2D eigenvalue weighted by Gasteiger charge is -2.09. The molecule has 2 rings (SSSR count). The molecule has 0 atom stereocenters. The van der Waals surface area contributed by atoms with Gasteiger partial charge in [0, 0.05) is 15.6 Å². The molecule has 0 saturated carbocycles. The summed E-state index contributed by atoms with van der Waals surface area (Å²) in [5.74, 6) is -0.982. The van der Waals surface area contributed by atoms with Crippen molar-refractivity contribution in [2.24, 2.45) is 0 Å². The van der Waals surface area contributed by atoms with Gasteiger partial charge in [0.05, 0.1) is 12.1 Å². The Kier molecular flexibility index (Phi) is 4.30. The van der Waals surface area contributed by atoms with Crippen LogP contribution in [0.5, 0.6) is 0 Å². The van der Waals surface area contributed by atoms with E-state index in [-0.39, 0.29) is 11.6 Å². The van der Waals surface area contributed by atoms with E-state index in [0.29, 0.717) is 26.9 Å². The smallest absolute Gasteiger partial charge is 0.309 e. The zero-order valence-corrected chi connectivity index (χ0v) is 11.8. The molecule has 1 aromatic carbocycles. The zero-order valence-electron chi connectivity index (χ0n) is 9.53. The Bertz CT molecular complexity index is 624. The number of hydrogen-bond acceptors (Lipinski definition) is 2. The highest BCUT2D eigenvalue weighted by Crippen LogP contribution is 2.30. The van der Waals surface area contributed by atoms with Crippen molar-refractivity contribution >= 4 is 40.8 Å². The number of carboxylic acids is 1. The lowest BCUT2D eigenvalue weighted by atomic mass is 10.0. The quantitative estimate of drug-likeness (QED) is 0.857. The minimum Gasteiger partial charge on any atom is -0.481 e. The maximum Gasteiger partial charge on any atom is 0.309 e. The minimum atomic E-state index is -0.982. The van der Waals surface area contributed by atoms with E-state index in [2.05, 4.69) is 4.98 Å². The molecule has 1 aromatic heterocycles. The maximum atomic E-state index is 10.9. The van der Waals surface area contributed by atoms with Crippen LogP contribution >= 0.6 is 34.8 Å². The first-order chi connectivity index (χ1) is 8.95. The number of benzene rings is 1. The molecule has 0 aliphatic rings. The van der Waals surface area contributed by atoms with E-state index in [9.17, 15) is 4.79 Å². The lowest BCUT2D eigenvalue weighted by Crippen LogP contribution is -2.04. The Morgan fingerprint density at radius 3 is 2.32 bits per heavy atom. The summed E-state index contributed by atoms with van der Waals surface area (Å²) < 4.78 is 0. The van der Waals surface area contributed by atoms with Crippen molar-refractivity contribution in [3.63, 3.8) is 0 Å². The van der Waals surface area contributed by atoms with Crippen LogP contribution in [0.1, 0.15) is 5.69 Å². The second-order valence-electron chi connectivity index (χ2n) is 3.86. The molecule has 6 heteroatoms. The van der Waals surface area contributed by atoms with Gasteiger partial charge in [0.15, 0.2) is 0 Å². The lowest BCUT2D eigenvalue weighted by molar-refractivity contribution is -0.136. The molecule has 2 aromatic rings. The van der Waals surface area contributed by atoms with Crippen molar-refractivity contribution in [1.82, 2.24) is 4.98 Å². The molecule has 0 fully saturated rings. The molecular weight excluding hydrogens is 309 g/mol. The largest absolute Gasteiger partial charge is 0.481 e. The number of carbonyl (C=O) groups is 1. The molecule has 0 spiro atoms. The van der Waals surface area contributed by atoms with Crippen LogP contribution in [0.2, 0.25) is 15.2 Å². The fraction of sp³-hybridized carbons (Fsp3) is 0.0769. The van der Waals surface area contributed by atoms with Crippen LogP contribution in [0, 0.1) is 0 Å². The number of pyridine rings is 1. The van der Waals surface area contributed by atoms with Crippen LogP contribution in [0.3, 0.4) is 0 Å². The summed E-state index contributed by atoms with van der Waals surface area (Å²) in [6.07, 6.45) is -0.222. The number of nitrogens with zero attached hydrogens (tertiary/aromatic N) is 1. The van der Waals surface area contributed by atoms with Gasteiger partial charge in [0.2, 0.25) is 0 Å². The highest BCUT2D eigenvalue weighted by atomic mass is 35.5. The Morgan fingerprint density at radius 1 is 1.11 bits per heavy atom. The monoisotopic (exact) mass is 315 g/mol. The van der Waals surface area contributed by atoms with Gasteiger partial charge < -0.3 is 5.11 Å². The van der Waals surface area contributed by atoms with Gasteiger partial charge in [-0.2, -0.15) is 0 Å². The molecular formula is C13H8Cl3NO2. The number of halogens is 3. The summed E-state index contributed by atoms with van der Waals surface area (Å²) in [6.45, 7) is 0. The van der Waals surface area contributed by atoms with Crippen molar-refractivity contribution in [3.8, 4) is 11.1 Å². The normalized spacial score (nSPS) is 10.5. The highest BCUT2D eigenvalue weighted by molar-refractivity contribution is 6.35. The first kappa shape index (κ1) is 14.1. The Hall–Kier alpha value is -1.29. The molecule has 19 heavy (non-hydrogen) atoms. The van der Waals surface area contributed by atoms with E-state index in [1.54, 1.807) is 30.3 Å². The zero-order chi connectivity index (χ0) is 14.0. The summed E-state index contributed by atoms with van der Waals surface area (Å²) in [7, 11) is 0. The summed E-state index contributed by atoms with van der Waals surface area (Å²) in [5.41, 5.74) is 1.73. The predicted molar refractivity (Wildman–Crippen MR) is 76.0 cm³/mol. The summed E-state index contributed by atoms with van der Waals surface area (Å²) in [4.78, 5) is 14.9. The molecule has 0 radical (unpaired) electrons. The summed E-state index contributed by atoms with van der Waals surface area (Å²) in [6, 6.07) is 8.30. The molecule has 98 valence electrons. The van der Waals surface area contributed by atoms with Gasteiger partial charge in [0.1, 0.15) is 5.15 Å². The maximum absolute atomic E-state index is 10.9. The second kappa shape index (κ2) is 5.78. The van der Waals surface area contributed by atoms with Crippen LogP contribution in [0.4, 0.5) is 0 Å². The molecule has 0 bridgehead atoms. The van der Waals surface area contributed by atoms with Crippen molar-refractivity contribution in [1.29, 1.82) is 0 Å². The van der Waals surface area contributed by atoms with Crippen LogP contribution in [0.15, 0.2) is 30.3 Å². The third-order valence-corrected chi connectivity index (χ3v) is 3.08. The molecule has 1 N–H and O–H groups in total. The number of carboxylic acid groups (broad SMARTS) is 1. The number of aromatic nitrogens is 1. The van der Waals surface area contributed by atoms with Crippen molar-refractivity contribution in [2.75, 3.05) is 0 Å². The van der Waals surface area contributed by atoms with Gasteiger partial charge >= 0.3 is 5.97 Å². The average Bonchev–Trinajstić information content (AvgIpc) is 2.26. The molecule has 3 nitrogen and oxygen atoms in total. The first-order valence-electron chi connectivity index (χ1n) is 5.29. The Labute approximate surface area is 124 Å². The van der Waals surface area contributed by atoms with E-state index in [1.807, 2.05) is 0 Å². The van der Waals surface area contributed by atoms with Gasteiger partial charge in [-0.05, 0) is 35.9 Å². The van der Waals surface area contributed by atoms with Crippen molar-refractivity contribution in [3.05, 3.63) is 51.2 Å². The molecule has 0 saturated heterocycles. The second-order valence-corrected chi connectivity index (χ2v) is 5.12. The van der Waals surface area contributed by atoms with Gasteiger partial charge in [-0.3, -0.25) is 4.79 Å². The van der Waals surface area contributed by atoms with Crippen molar-refractivity contribution in [2.45, 2.75) is 6.42 Å². The van der Waals surface area contributed by atoms with Gasteiger partial charge in [0.25, 0.3) is 0 Å². The van der Waals surface area contributed by atoms with Gasteiger partial charge in [-0.25, -0.2) is 4.98 Å². The van der Waals surface area contributed by atoms with Crippen LogP contribution in [0.25, 0.3) is 11.1 Å². The van der Waals surface area contributed by atoms with Crippen LogP contribution in [-0.4, -0.2) is 16.1 Å². The molecule has 0 unspecified atom stereocenters. The predicted octanol–water partition coefficient (Wildman–Crippen LogP) is 4.34. The topological polar surface area (TPSA) is 50.2 Å². The highest BCUT2D eigenvalue weighted by Gasteiger charge is 2.12. The molecule has 0 aliphatic heterocycles. The van der Waals surface area contributed by atoms with E-state index in [1.165, 1.54) is 0 Å². The van der Waals surface area contributed by atoms with E-state index in [4.69, 9.17) is 39.9 Å². The van der Waals surface area contributed by atoms with Gasteiger partial charge in [-0.1, -0.05) is 34.8 Å². The number of rotatable bonds is 3. The first-order valence-corrected chi connectivity index (χ1v) is 6.43. The van der Waals surface area contributed by atoms with Gasteiger partial charge in [-0.15, -0.1) is 0 Å². The standard InChI is InChI=1S/C13H8Cl3NO2/c14-8-3-7(4-9(15)5-8)10-1-2-12(16)17-11(10)6-13(18)19/h1-5H,6H2,(H,18,19). The number of hydrogen-bond donors (Lipinski definition) is 1. The summed E-state index contributed by atoms with van der Waals surface area (Å²) in [5, 5.41) is 10.1. The fourth-order valence-electron chi connectivity index (χ4n) is 1.72. The summed E-state index contributed by atoms with van der Waals surface area (Å²) >= 11 is 17.7. The van der Waals surface area contributed by atoms with E-state index < -0.39 is 5.97 Å². The number of aliphatic carboxylic acids is 1. The third kappa shape index (κ3) is 3.60. The Morgan fingerprint density at radius 2 is 1.74 bits per heavy atom. The van der Waals surface area contributed by atoms with Crippen LogP contribution in [-0.2, 0) is 11.2 Å². The fourth-order valence-corrected chi connectivity index (χ4v) is 2.42. The van der Waals surface area contributed by atoms with E-state index in [0.717, 1.165) is 0 Å². The molecule has 0 amide bonds. The SMILES string of the molecule is O=C(O)Cc1nc(Cl)ccc1-c1cc(Cl)cc(Cl)c1. The van der Waals surface area contributed by atoms with Crippen molar-refractivity contribution < 1.29 is 9.90 Å². The third-order valence-electron chi connectivity index (χ3n) is 2.43. The molecule has 1 heterocycles.